The molecule has 0 aromatic heterocycles. The Balaban J connectivity index is 2.69. The molecule has 1 aromatic rings. The molecule has 2 amide bonds. The summed E-state index contributed by atoms with van der Waals surface area (Å²) in [6, 6.07) is 5.56. The second-order valence-electron chi connectivity index (χ2n) is 6.53. The maximum absolute atomic E-state index is 12.3. The number of rotatable bonds is 6. The van der Waals surface area contributed by atoms with Crippen molar-refractivity contribution in [3.8, 4) is 0 Å². The van der Waals surface area contributed by atoms with Gasteiger partial charge in [-0.05, 0) is 37.8 Å². The summed E-state index contributed by atoms with van der Waals surface area (Å²) in [7, 11) is 1.75. The Bertz CT molecular complexity index is 569. The maximum Gasteiger partial charge on any atom is 0.242 e. The van der Waals surface area contributed by atoms with Crippen LogP contribution in [0.2, 0.25) is 0 Å². The maximum atomic E-state index is 12.3. The van der Waals surface area contributed by atoms with E-state index in [4.69, 9.17) is 5.73 Å². The van der Waals surface area contributed by atoms with Crippen molar-refractivity contribution in [2.24, 2.45) is 11.7 Å². The number of carbonyl (C=O) groups excluding carboxylic acids is 2. The van der Waals surface area contributed by atoms with Gasteiger partial charge in [0.25, 0.3) is 0 Å². The van der Waals surface area contributed by atoms with Crippen molar-refractivity contribution in [2.45, 2.75) is 46.7 Å². The van der Waals surface area contributed by atoms with Gasteiger partial charge in [0.2, 0.25) is 11.8 Å². The molecule has 3 N–H and O–H groups in total. The smallest absolute Gasteiger partial charge is 0.242 e. The van der Waals surface area contributed by atoms with Gasteiger partial charge < -0.3 is 16.0 Å². The van der Waals surface area contributed by atoms with E-state index in [0.717, 1.165) is 16.7 Å². The molecule has 0 saturated carbocycles. The predicted molar refractivity (Wildman–Crippen MR) is 92.9 cm³/mol. The third kappa shape index (κ3) is 5.06. The van der Waals surface area contributed by atoms with Crippen molar-refractivity contribution in [2.75, 3.05) is 13.6 Å². The Morgan fingerprint density at radius 2 is 1.83 bits per heavy atom. The summed E-state index contributed by atoms with van der Waals surface area (Å²) < 4.78 is 0. The van der Waals surface area contributed by atoms with Crippen LogP contribution in [0.3, 0.4) is 0 Å². The fraction of sp³-hybridized carbons (Fsp3) is 0.556. The Kier molecular flexibility index (Phi) is 6.76. The summed E-state index contributed by atoms with van der Waals surface area (Å²) in [5.41, 5.74) is 9.20. The van der Waals surface area contributed by atoms with E-state index in [1.54, 1.807) is 11.9 Å². The van der Waals surface area contributed by atoms with E-state index in [2.05, 4.69) is 23.5 Å². The number of nitrogens with two attached hydrogens (primary N) is 1. The fourth-order valence-electron chi connectivity index (χ4n) is 2.34. The van der Waals surface area contributed by atoms with E-state index in [0.29, 0.717) is 0 Å². The van der Waals surface area contributed by atoms with Gasteiger partial charge in [0.1, 0.15) is 0 Å². The average molecular weight is 319 g/mol. The van der Waals surface area contributed by atoms with Gasteiger partial charge in [-0.3, -0.25) is 9.59 Å². The molecule has 0 heterocycles. The lowest BCUT2D eigenvalue weighted by Crippen LogP contribution is -2.47. The van der Waals surface area contributed by atoms with Gasteiger partial charge in [0.05, 0.1) is 18.6 Å². The molecular weight excluding hydrogens is 290 g/mol. The zero-order valence-corrected chi connectivity index (χ0v) is 15.0. The third-order valence-corrected chi connectivity index (χ3v) is 4.29. The minimum atomic E-state index is -0.593. The van der Waals surface area contributed by atoms with E-state index in [-0.39, 0.29) is 30.3 Å². The Morgan fingerprint density at radius 1 is 1.22 bits per heavy atom. The summed E-state index contributed by atoms with van der Waals surface area (Å²) in [6.07, 6.45) is 0. The first-order chi connectivity index (χ1) is 10.6. The molecule has 0 aliphatic carbocycles. The molecule has 0 aliphatic rings. The van der Waals surface area contributed by atoms with Crippen LogP contribution in [0.1, 0.15) is 43.5 Å². The number of likely N-dealkylation sites (N-methyl/N-ethyl adjacent to an activating group) is 1. The van der Waals surface area contributed by atoms with Crippen molar-refractivity contribution in [1.82, 2.24) is 10.2 Å². The summed E-state index contributed by atoms with van der Waals surface area (Å²) in [6.45, 7) is 9.77. The summed E-state index contributed by atoms with van der Waals surface area (Å²) >= 11 is 0. The van der Waals surface area contributed by atoms with E-state index >= 15 is 0 Å². The lowest BCUT2D eigenvalue weighted by Gasteiger charge is -2.27. The monoisotopic (exact) mass is 319 g/mol. The van der Waals surface area contributed by atoms with Crippen molar-refractivity contribution >= 4 is 11.8 Å². The lowest BCUT2D eigenvalue weighted by molar-refractivity contribution is -0.133. The average Bonchev–Trinajstić information content (AvgIpc) is 2.52. The second kappa shape index (κ2) is 8.11. The first-order valence-electron chi connectivity index (χ1n) is 8.01. The van der Waals surface area contributed by atoms with Gasteiger partial charge >= 0.3 is 0 Å². The number of aryl methyl sites for hydroxylation is 2. The number of carbonyl (C=O) groups is 2. The largest absolute Gasteiger partial charge is 0.346 e. The molecule has 1 unspecified atom stereocenters. The highest BCUT2D eigenvalue weighted by molar-refractivity contribution is 5.87. The Hall–Kier alpha value is -1.88. The number of nitrogens with zero attached hydrogens (tertiary/aromatic N) is 1. The number of hydrogen-bond donors (Lipinski definition) is 2. The van der Waals surface area contributed by atoms with Crippen molar-refractivity contribution < 1.29 is 9.59 Å². The highest BCUT2D eigenvalue weighted by atomic mass is 16.2. The molecule has 2 atom stereocenters. The number of hydrogen-bond acceptors (Lipinski definition) is 3. The highest BCUT2D eigenvalue weighted by Gasteiger charge is 2.21. The molecule has 0 spiro atoms. The van der Waals surface area contributed by atoms with Crippen LogP contribution >= 0.6 is 0 Å². The van der Waals surface area contributed by atoms with E-state index < -0.39 is 6.04 Å². The van der Waals surface area contributed by atoms with Gasteiger partial charge in [-0.2, -0.15) is 0 Å². The molecule has 23 heavy (non-hydrogen) atoms. The number of benzene rings is 1. The number of nitrogens with one attached hydrogen (secondary N) is 1. The van der Waals surface area contributed by atoms with Gasteiger partial charge in [-0.25, -0.2) is 0 Å². The van der Waals surface area contributed by atoms with Gasteiger partial charge in [0, 0.05) is 7.05 Å². The quantitative estimate of drug-likeness (QED) is 0.841. The molecule has 5 nitrogen and oxygen atoms in total. The molecule has 128 valence electrons. The van der Waals surface area contributed by atoms with Crippen LogP contribution in [0, 0.1) is 19.8 Å². The van der Waals surface area contributed by atoms with Gasteiger partial charge in [0.15, 0.2) is 0 Å². The van der Waals surface area contributed by atoms with Crippen molar-refractivity contribution in [3.05, 3.63) is 34.9 Å². The molecule has 5 heteroatoms. The van der Waals surface area contributed by atoms with Crippen molar-refractivity contribution in [3.63, 3.8) is 0 Å². The molecule has 1 rings (SSSR count). The third-order valence-electron chi connectivity index (χ3n) is 4.29. The summed E-state index contributed by atoms with van der Waals surface area (Å²) in [5.74, 6) is -0.388. The molecular formula is C18H29N3O2. The Morgan fingerprint density at radius 3 is 2.39 bits per heavy atom. The van der Waals surface area contributed by atoms with Crippen LogP contribution in [-0.2, 0) is 9.59 Å². The zero-order valence-electron chi connectivity index (χ0n) is 15.0. The first kappa shape index (κ1) is 19.2. The van der Waals surface area contributed by atoms with E-state index in [1.165, 1.54) is 0 Å². The lowest BCUT2D eigenvalue weighted by atomic mass is 9.99. The van der Waals surface area contributed by atoms with Crippen LogP contribution in [0.15, 0.2) is 18.2 Å². The van der Waals surface area contributed by atoms with Gasteiger partial charge in [-0.15, -0.1) is 0 Å². The standard InChI is InChI=1S/C18H29N3O2/c1-11(2)17(19)18(23)20-10-16(22)21(6)14(5)15-9-12(3)7-8-13(15)4/h7-9,11,14,17H,10,19H2,1-6H3,(H,20,23)/t14?,17-/m0/s1. The molecule has 0 saturated heterocycles. The molecule has 0 aliphatic heterocycles. The SMILES string of the molecule is Cc1ccc(C)c(C(C)N(C)C(=O)CNC(=O)[C@@H](N)C(C)C)c1. The predicted octanol–water partition coefficient (Wildman–Crippen LogP) is 1.92. The molecule has 0 bridgehead atoms. The van der Waals surface area contributed by atoms with Crippen LogP contribution in [0.25, 0.3) is 0 Å². The molecule has 1 aromatic carbocycles. The van der Waals surface area contributed by atoms with Crippen LogP contribution < -0.4 is 11.1 Å². The topological polar surface area (TPSA) is 75.4 Å². The molecule has 0 radical (unpaired) electrons. The zero-order chi connectivity index (χ0) is 17.7. The molecule has 0 fully saturated rings. The fourth-order valence-corrected chi connectivity index (χ4v) is 2.34. The first-order valence-corrected chi connectivity index (χ1v) is 8.01. The summed E-state index contributed by atoms with van der Waals surface area (Å²) in [4.78, 5) is 25.8. The van der Waals surface area contributed by atoms with Gasteiger partial charge in [-0.1, -0.05) is 37.6 Å². The highest BCUT2D eigenvalue weighted by Crippen LogP contribution is 2.23. The van der Waals surface area contributed by atoms with E-state index in [9.17, 15) is 9.59 Å². The minimum absolute atomic E-state index is 0.0367. The second-order valence-corrected chi connectivity index (χ2v) is 6.53. The van der Waals surface area contributed by atoms with Crippen LogP contribution in [0.5, 0.6) is 0 Å². The normalized spacial score (nSPS) is 13.6. The van der Waals surface area contributed by atoms with Crippen LogP contribution in [0.4, 0.5) is 0 Å². The van der Waals surface area contributed by atoms with Crippen LogP contribution in [-0.4, -0.2) is 36.3 Å². The van der Waals surface area contributed by atoms with E-state index in [1.807, 2.05) is 34.6 Å². The Labute approximate surface area is 139 Å². The minimum Gasteiger partial charge on any atom is -0.346 e. The summed E-state index contributed by atoms with van der Waals surface area (Å²) in [5, 5.41) is 2.62. The van der Waals surface area contributed by atoms with Crippen molar-refractivity contribution in [1.29, 1.82) is 0 Å². The number of amides is 2.